The molecule has 0 aromatic carbocycles. The lowest BCUT2D eigenvalue weighted by Gasteiger charge is -1.75. The number of nitrogens with zero attached hydrogens (tertiary/aromatic N) is 1. The predicted molar refractivity (Wildman–Crippen MR) is 49.3 cm³/mol. The van der Waals surface area contributed by atoms with Gasteiger partial charge in [0.1, 0.15) is 0 Å². The maximum Gasteiger partial charge on any atom is 0.181 e. The maximum atomic E-state index is 5.36. The van der Waals surface area contributed by atoms with Gasteiger partial charge in [-0.25, -0.2) is 4.98 Å². The Bertz CT molecular complexity index is 179. The van der Waals surface area contributed by atoms with Crippen molar-refractivity contribution in [3.63, 3.8) is 0 Å². The van der Waals surface area contributed by atoms with E-state index in [-0.39, 0.29) is 17.0 Å². The van der Waals surface area contributed by atoms with Gasteiger partial charge < -0.3 is 5.73 Å². The van der Waals surface area contributed by atoms with Crippen LogP contribution in [0.1, 0.15) is 5.69 Å². The van der Waals surface area contributed by atoms with Gasteiger partial charge in [0.2, 0.25) is 0 Å². The van der Waals surface area contributed by atoms with Gasteiger partial charge in [0.05, 0.1) is 9.48 Å². The number of nitrogen functional groups attached to an aromatic ring is 1. The van der Waals surface area contributed by atoms with Gasteiger partial charge in [0.25, 0.3) is 0 Å². The number of halogens is 2. The van der Waals surface area contributed by atoms with Gasteiger partial charge in [-0.3, -0.25) is 0 Å². The van der Waals surface area contributed by atoms with Crippen molar-refractivity contribution in [1.82, 2.24) is 4.98 Å². The maximum absolute atomic E-state index is 5.36. The second kappa shape index (κ2) is 3.53. The molecule has 0 amide bonds. The number of thiazole rings is 1. The highest BCUT2D eigenvalue weighted by molar-refractivity contribution is 9.11. The molecule has 0 aliphatic heterocycles. The number of hydrogen-bond donors (Lipinski definition) is 1. The molecule has 5 heteroatoms. The van der Waals surface area contributed by atoms with Crippen molar-refractivity contribution in [3.8, 4) is 0 Å². The Kier molecular flexibility index (Phi) is 3.68. The monoisotopic (exact) mass is 272 g/mol. The van der Waals surface area contributed by atoms with Crippen LogP contribution in [-0.4, -0.2) is 4.98 Å². The first-order valence-electron chi connectivity index (χ1n) is 2.08. The molecule has 0 bridgehead atoms. The van der Waals surface area contributed by atoms with E-state index in [2.05, 4.69) is 20.9 Å². The van der Waals surface area contributed by atoms with E-state index in [0.717, 1.165) is 9.48 Å². The topological polar surface area (TPSA) is 38.9 Å². The van der Waals surface area contributed by atoms with Crippen molar-refractivity contribution in [2.75, 3.05) is 5.73 Å². The Hall–Kier alpha value is 0.390. The minimum absolute atomic E-state index is 0. The zero-order valence-electron chi connectivity index (χ0n) is 4.72. The van der Waals surface area contributed by atoms with Crippen LogP contribution in [0.5, 0.6) is 0 Å². The zero-order chi connectivity index (χ0) is 6.15. The summed E-state index contributed by atoms with van der Waals surface area (Å²) in [4.78, 5) is 3.96. The summed E-state index contributed by atoms with van der Waals surface area (Å²) >= 11 is 4.74. The average molecular weight is 274 g/mol. The Morgan fingerprint density at radius 3 is 2.33 bits per heavy atom. The standard InChI is InChI=1S/C4H5BrN2S.BrH/c1-2-3(5)8-4(6)7-2;/h1H3,(H2,6,7);1H. The summed E-state index contributed by atoms with van der Waals surface area (Å²) in [6, 6.07) is 0. The molecule has 0 aliphatic carbocycles. The quantitative estimate of drug-likeness (QED) is 0.788. The number of aryl methyl sites for hydroxylation is 1. The number of anilines is 1. The molecule has 0 saturated heterocycles. The van der Waals surface area contributed by atoms with Crippen LogP contribution in [0, 0.1) is 6.92 Å². The molecule has 0 unspecified atom stereocenters. The van der Waals surface area contributed by atoms with Crippen molar-refractivity contribution in [1.29, 1.82) is 0 Å². The van der Waals surface area contributed by atoms with Crippen LogP contribution in [0.2, 0.25) is 0 Å². The first-order chi connectivity index (χ1) is 3.70. The third-order valence-corrected chi connectivity index (χ3v) is 2.59. The fraction of sp³-hybridized carbons (Fsp3) is 0.250. The summed E-state index contributed by atoms with van der Waals surface area (Å²) in [6.07, 6.45) is 0. The Balaban J connectivity index is 0.000000640. The SMILES string of the molecule is Br.Cc1nc(N)sc1Br. The van der Waals surface area contributed by atoms with Gasteiger partial charge in [-0.15, -0.1) is 17.0 Å². The van der Waals surface area contributed by atoms with E-state index < -0.39 is 0 Å². The van der Waals surface area contributed by atoms with Crippen molar-refractivity contribution in [2.24, 2.45) is 0 Å². The highest BCUT2D eigenvalue weighted by Gasteiger charge is 1.98. The summed E-state index contributed by atoms with van der Waals surface area (Å²) in [6.45, 7) is 1.91. The average Bonchev–Trinajstić information content (AvgIpc) is 1.85. The number of rotatable bonds is 0. The van der Waals surface area contributed by atoms with Crippen LogP contribution in [-0.2, 0) is 0 Å². The number of nitrogens with two attached hydrogens (primary N) is 1. The van der Waals surface area contributed by atoms with Crippen LogP contribution < -0.4 is 5.73 Å². The van der Waals surface area contributed by atoms with Crippen LogP contribution in [0.25, 0.3) is 0 Å². The van der Waals surface area contributed by atoms with Gasteiger partial charge >= 0.3 is 0 Å². The van der Waals surface area contributed by atoms with E-state index in [1.54, 1.807) is 0 Å². The van der Waals surface area contributed by atoms with Crippen LogP contribution in [0.4, 0.5) is 5.13 Å². The smallest absolute Gasteiger partial charge is 0.181 e. The minimum Gasteiger partial charge on any atom is -0.375 e. The normalized spacial score (nSPS) is 8.67. The molecule has 0 atom stereocenters. The first kappa shape index (κ1) is 9.39. The molecule has 2 nitrogen and oxygen atoms in total. The van der Waals surface area contributed by atoms with Crippen LogP contribution >= 0.6 is 44.2 Å². The summed E-state index contributed by atoms with van der Waals surface area (Å²) in [5.41, 5.74) is 6.32. The van der Waals surface area contributed by atoms with Gasteiger partial charge in [-0.05, 0) is 22.9 Å². The van der Waals surface area contributed by atoms with Gasteiger partial charge in [0, 0.05) is 0 Å². The first-order valence-corrected chi connectivity index (χ1v) is 3.69. The molecule has 0 radical (unpaired) electrons. The molecule has 52 valence electrons. The second-order valence-electron chi connectivity index (χ2n) is 1.41. The van der Waals surface area contributed by atoms with Crippen molar-refractivity contribution < 1.29 is 0 Å². The van der Waals surface area contributed by atoms with E-state index in [4.69, 9.17) is 5.73 Å². The molecule has 0 spiro atoms. The molecule has 1 aromatic heterocycles. The molecule has 9 heavy (non-hydrogen) atoms. The Labute approximate surface area is 76.4 Å². The molecule has 0 aliphatic rings. The fourth-order valence-electron chi connectivity index (χ4n) is 0.398. The van der Waals surface area contributed by atoms with Crippen LogP contribution in [0.3, 0.4) is 0 Å². The third kappa shape index (κ3) is 2.23. The third-order valence-electron chi connectivity index (χ3n) is 0.757. The van der Waals surface area contributed by atoms with Crippen molar-refractivity contribution in [2.45, 2.75) is 6.92 Å². The van der Waals surface area contributed by atoms with E-state index in [1.165, 1.54) is 11.3 Å². The molecule has 2 N–H and O–H groups in total. The minimum atomic E-state index is 0. The van der Waals surface area contributed by atoms with E-state index in [9.17, 15) is 0 Å². The zero-order valence-corrected chi connectivity index (χ0v) is 8.83. The fourth-order valence-corrected chi connectivity index (χ4v) is 1.54. The predicted octanol–water partition coefficient (Wildman–Crippen LogP) is 2.37. The van der Waals surface area contributed by atoms with E-state index in [0.29, 0.717) is 5.13 Å². The number of hydrogen-bond acceptors (Lipinski definition) is 3. The van der Waals surface area contributed by atoms with Gasteiger partial charge in [0.15, 0.2) is 5.13 Å². The Morgan fingerprint density at radius 2 is 2.22 bits per heavy atom. The molecule has 1 heterocycles. The number of aromatic nitrogens is 1. The lowest BCUT2D eigenvalue weighted by molar-refractivity contribution is 1.26. The van der Waals surface area contributed by atoms with Crippen molar-refractivity contribution >= 4 is 49.4 Å². The van der Waals surface area contributed by atoms with Crippen molar-refractivity contribution in [3.05, 3.63) is 9.48 Å². The highest BCUT2D eigenvalue weighted by atomic mass is 79.9. The lowest BCUT2D eigenvalue weighted by Crippen LogP contribution is -1.80. The molecule has 0 saturated carbocycles. The molecule has 1 rings (SSSR count). The molecular formula is C4H6Br2N2S. The summed E-state index contributed by atoms with van der Waals surface area (Å²) in [5.74, 6) is 0. The Morgan fingerprint density at radius 1 is 1.67 bits per heavy atom. The molecule has 0 fully saturated rings. The van der Waals surface area contributed by atoms with E-state index in [1.807, 2.05) is 6.92 Å². The van der Waals surface area contributed by atoms with Gasteiger partial charge in [-0.1, -0.05) is 11.3 Å². The van der Waals surface area contributed by atoms with Gasteiger partial charge in [-0.2, -0.15) is 0 Å². The van der Waals surface area contributed by atoms with E-state index >= 15 is 0 Å². The lowest BCUT2D eigenvalue weighted by atomic mass is 10.6. The molecule has 1 aromatic rings. The molecular weight excluding hydrogens is 268 g/mol. The largest absolute Gasteiger partial charge is 0.375 e. The highest BCUT2D eigenvalue weighted by Crippen LogP contribution is 2.24. The second-order valence-corrected chi connectivity index (χ2v) is 3.76. The summed E-state index contributed by atoms with van der Waals surface area (Å²) in [5, 5.41) is 0.620. The summed E-state index contributed by atoms with van der Waals surface area (Å²) < 4.78 is 1.02. The van der Waals surface area contributed by atoms with Crippen LogP contribution in [0.15, 0.2) is 3.79 Å². The summed E-state index contributed by atoms with van der Waals surface area (Å²) in [7, 11) is 0.